The molecular weight excluding hydrogens is 334 g/mol. The summed E-state index contributed by atoms with van der Waals surface area (Å²) in [5.74, 6) is 0.600. The van der Waals surface area contributed by atoms with Crippen LogP contribution in [-0.4, -0.2) is 15.7 Å². The van der Waals surface area contributed by atoms with Crippen LogP contribution in [0.1, 0.15) is 16.1 Å². The van der Waals surface area contributed by atoms with Crippen molar-refractivity contribution < 1.29 is 9.21 Å². The standard InChI is InChI=1S/C15H12BrN3O2/c16-12-5-3-11(4-6-12)10-19-14(7-8-17-19)18-15(20)13-2-1-9-21-13/h1-9H,10H2,(H,18,20). The first-order valence-corrected chi connectivity index (χ1v) is 7.13. The fraction of sp³-hybridized carbons (Fsp3) is 0.0667. The number of aromatic nitrogens is 2. The van der Waals surface area contributed by atoms with Gasteiger partial charge in [-0.1, -0.05) is 28.1 Å². The first-order valence-electron chi connectivity index (χ1n) is 6.33. The fourth-order valence-electron chi connectivity index (χ4n) is 1.91. The number of carbonyl (C=O) groups excluding carboxylic acids is 1. The SMILES string of the molecule is O=C(Nc1ccnn1Cc1ccc(Br)cc1)c1ccco1. The van der Waals surface area contributed by atoms with Gasteiger partial charge in [-0.3, -0.25) is 4.79 Å². The molecule has 0 fully saturated rings. The third-order valence-electron chi connectivity index (χ3n) is 2.95. The third-order valence-corrected chi connectivity index (χ3v) is 3.48. The first-order chi connectivity index (χ1) is 10.2. The van der Waals surface area contributed by atoms with Crippen molar-refractivity contribution in [1.29, 1.82) is 0 Å². The average Bonchev–Trinajstić information content (AvgIpc) is 3.14. The molecule has 6 heteroatoms. The molecule has 0 saturated carbocycles. The Morgan fingerprint density at radius 2 is 2.05 bits per heavy atom. The summed E-state index contributed by atoms with van der Waals surface area (Å²) in [5.41, 5.74) is 1.09. The molecular formula is C15H12BrN3O2. The Labute approximate surface area is 129 Å². The Morgan fingerprint density at radius 3 is 2.76 bits per heavy atom. The average molecular weight is 346 g/mol. The molecule has 2 heterocycles. The minimum absolute atomic E-state index is 0.270. The van der Waals surface area contributed by atoms with Gasteiger partial charge in [-0.2, -0.15) is 5.10 Å². The monoisotopic (exact) mass is 345 g/mol. The van der Waals surface area contributed by atoms with Crippen LogP contribution in [0.4, 0.5) is 5.82 Å². The Morgan fingerprint density at radius 1 is 1.24 bits per heavy atom. The molecule has 3 rings (SSSR count). The number of hydrogen-bond donors (Lipinski definition) is 1. The maximum Gasteiger partial charge on any atom is 0.292 e. The molecule has 106 valence electrons. The lowest BCUT2D eigenvalue weighted by Gasteiger charge is -2.08. The van der Waals surface area contributed by atoms with Gasteiger partial charge in [0, 0.05) is 10.5 Å². The van der Waals surface area contributed by atoms with E-state index in [2.05, 4.69) is 26.3 Å². The van der Waals surface area contributed by atoms with E-state index in [1.54, 1.807) is 29.1 Å². The summed E-state index contributed by atoms with van der Waals surface area (Å²) in [7, 11) is 0. The number of nitrogens with one attached hydrogen (secondary N) is 1. The van der Waals surface area contributed by atoms with Crippen molar-refractivity contribution in [3.8, 4) is 0 Å². The van der Waals surface area contributed by atoms with E-state index < -0.39 is 0 Å². The number of rotatable bonds is 4. The maximum atomic E-state index is 12.0. The molecule has 0 saturated heterocycles. The highest BCUT2D eigenvalue weighted by molar-refractivity contribution is 9.10. The highest BCUT2D eigenvalue weighted by atomic mass is 79.9. The van der Waals surface area contributed by atoms with E-state index in [0.29, 0.717) is 12.4 Å². The second kappa shape index (κ2) is 5.97. The quantitative estimate of drug-likeness (QED) is 0.786. The minimum Gasteiger partial charge on any atom is -0.459 e. The normalized spacial score (nSPS) is 10.5. The predicted octanol–water partition coefficient (Wildman–Crippen LogP) is 3.54. The highest BCUT2D eigenvalue weighted by Crippen LogP contribution is 2.14. The van der Waals surface area contributed by atoms with Gasteiger partial charge < -0.3 is 9.73 Å². The zero-order valence-electron chi connectivity index (χ0n) is 11.0. The largest absolute Gasteiger partial charge is 0.459 e. The van der Waals surface area contributed by atoms with Crippen LogP contribution in [0.2, 0.25) is 0 Å². The van der Waals surface area contributed by atoms with Gasteiger partial charge in [0.2, 0.25) is 0 Å². The second-order valence-corrected chi connectivity index (χ2v) is 5.35. The maximum absolute atomic E-state index is 12.0. The number of hydrogen-bond acceptors (Lipinski definition) is 3. The van der Waals surface area contributed by atoms with Crippen molar-refractivity contribution in [3.05, 3.63) is 70.7 Å². The first kappa shape index (κ1) is 13.6. The van der Waals surface area contributed by atoms with E-state index in [1.165, 1.54) is 6.26 Å². The van der Waals surface area contributed by atoms with Crippen LogP contribution in [0.3, 0.4) is 0 Å². The van der Waals surface area contributed by atoms with Crippen molar-refractivity contribution in [2.75, 3.05) is 5.32 Å². The summed E-state index contributed by atoms with van der Waals surface area (Å²) in [6.07, 6.45) is 3.12. The highest BCUT2D eigenvalue weighted by Gasteiger charge is 2.11. The van der Waals surface area contributed by atoms with Gasteiger partial charge in [0.05, 0.1) is 19.0 Å². The fourth-order valence-corrected chi connectivity index (χ4v) is 2.18. The Balaban J connectivity index is 1.75. The van der Waals surface area contributed by atoms with E-state index in [9.17, 15) is 4.79 Å². The van der Waals surface area contributed by atoms with Crippen LogP contribution in [0.5, 0.6) is 0 Å². The smallest absolute Gasteiger partial charge is 0.292 e. The summed E-state index contributed by atoms with van der Waals surface area (Å²) in [5, 5.41) is 7.01. The number of furan rings is 1. The summed E-state index contributed by atoms with van der Waals surface area (Å²) < 4.78 is 7.82. The molecule has 0 aliphatic rings. The van der Waals surface area contributed by atoms with E-state index in [1.807, 2.05) is 24.3 Å². The number of amides is 1. The Kier molecular flexibility index (Phi) is 3.87. The van der Waals surface area contributed by atoms with Gasteiger partial charge in [-0.25, -0.2) is 4.68 Å². The van der Waals surface area contributed by atoms with Crippen molar-refractivity contribution >= 4 is 27.7 Å². The van der Waals surface area contributed by atoms with Crippen LogP contribution < -0.4 is 5.32 Å². The number of halogens is 1. The molecule has 0 bridgehead atoms. The van der Waals surface area contributed by atoms with Crippen molar-refractivity contribution in [3.63, 3.8) is 0 Å². The summed E-state index contributed by atoms with van der Waals surface area (Å²) in [4.78, 5) is 12.0. The topological polar surface area (TPSA) is 60.1 Å². The molecule has 0 aliphatic heterocycles. The van der Waals surface area contributed by atoms with Gasteiger partial charge in [-0.15, -0.1) is 0 Å². The van der Waals surface area contributed by atoms with Crippen molar-refractivity contribution in [1.82, 2.24) is 9.78 Å². The van der Waals surface area contributed by atoms with Crippen LogP contribution in [-0.2, 0) is 6.54 Å². The number of nitrogens with zero attached hydrogens (tertiary/aromatic N) is 2. The molecule has 1 aromatic carbocycles. The van der Waals surface area contributed by atoms with Gasteiger partial charge in [0.1, 0.15) is 5.82 Å². The molecule has 1 N–H and O–H groups in total. The van der Waals surface area contributed by atoms with E-state index in [4.69, 9.17) is 4.42 Å². The van der Waals surface area contributed by atoms with Crippen molar-refractivity contribution in [2.45, 2.75) is 6.54 Å². The Hall–Kier alpha value is -2.34. The lowest BCUT2D eigenvalue weighted by molar-refractivity contribution is 0.0995. The molecule has 21 heavy (non-hydrogen) atoms. The number of benzene rings is 1. The third kappa shape index (κ3) is 3.22. The van der Waals surface area contributed by atoms with Crippen LogP contribution >= 0.6 is 15.9 Å². The number of anilines is 1. The summed E-state index contributed by atoms with van der Waals surface area (Å²) in [6, 6.07) is 13.0. The molecule has 3 aromatic rings. The van der Waals surface area contributed by atoms with E-state index >= 15 is 0 Å². The van der Waals surface area contributed by atoms with Gasteiger partial charge >= 0.3 is 0 Å². The van der Waals surface area contributed by atoms with Crippen LogP contribution in [0.15, 0.2) is 63.8 Å². The Bertz CT molecular complexity index is 733. The van der Waals surface area contributed by atoms with Gasteiger partial charge in [0.15, 0.2) is 5.76 Å². The van der Waals surface area contributed by atoms with E-state index in [0.717, 1.165) is 10.0 Å². The molecule has 0 aliphatic carbocycles. The molecule has 0 atom stereocenters. The molecule has 0 spiro atoms. The van der Waals surface area contributed by atoms with Crippen LogP contribution in [0.25, 0.3) is 0 Å². The summed E-state index contributed by atoms with van der Waals surface area (Å²) >= 11 is 3.40. The molecule has 0 radical (unpaired) electrons. The summed E-state index contributed by atoms with van der Waals surface area (Å²) in [6.45, 7) is 0.577. The lowest BCUT2D eigenvalue weighted by Crippen LogP contribution is -2.15. The molecule has 2 aromatic heterocycles. The zero-order valence-corrected chi connectivity index (χ0v) is 12.6. The van der Waals surface area contributed by atoms with Gasteiger partial charge in [0.25, 0.3) is 5.91 Å². The molecule has 0 unspecified atom stereocenters. The van der Waals surface area contributed by atoms with Crippen molar-refractivity contribution in [2.24, 2.45) is 0 Å². The van der Waals surface area contributed by atoms with Gasteiger partial charge in [-0.05, 0) is 29.8 Å². The minimum atomic E-state index is -0.294. The predicted molar refractivity (Wildman–Crippen MR) is 82.1 cm³/mol. The zero-order chi connectivity index (χ0) is 14.7. The molecule has 1 amide bonds. The lowest BCUT2D eigenvalue weighted by atomic mass is 10.2. The van der Waals surface area contributed by atoms with E-state index in [-0.39, 0.29) is 11.7 Å². The van der Waals surface area contributed by atoms with Crippen LogP contribution in [0, 0.1) is 0 Å². The molecule has 5 nitrogen and oxygen atoms in total. The number of carbonyl (C=O) groups is 1. The second-order valence-electron chi connectivity index (χ2n) is 4.43.